The lowest BCUT2D eigenvalue weighted by Crippen LogP contribution is -2.49. The van der Waals surface area contributed by atoms with Crippen LogP contribution >= 0.6 is 8.53 Å². The predicted molar refractivity (Wildman–Crippen MR) is 255 cm³/mol. The summed E-state index contributed by atoms with van der Waals surface area (Å²) >= 11 is 0. The van der Waals surface area contributed by atoms with Crippen molar-refractivity contribution in [3.8, 4) is 17.6 Å². The number of ether oxygens (including phenoxy) is 5. The maximum atomic E-state index is 13.8. The average molecular weight is 933 g/mol. The van der Waals surface area contributed by atoms with Gasteiger partial charge >= 0.3 is 5.69 Å². The molecule has 5 rings (SSSR count). The summed E-state index contributed by atoms with van der Waals surface area (Å²) in [5.74, 6) is 1.36. The largest absolute Gasteiger partial charge is 0.497 e. The fourth-order valence-corrected chi connectivity index (χ4v) is 16.4. The van der Waals surface area contributed by atoms with Crippen LogP contribution in [0.3, 0.4) is 0 Å². The van der Waals surface area contributed by atoms with E-state index in [-0.39, 0.29) is 55.1 Å². The molecule has 0 saturated carbocycles. The van der Waals surface area contributed by atoms with Gasteiger partial charge in [0, 0.05) is 24.3 Å². The number of aromatic nitrogens is 2. The molecule has 1 fully saturated rings. The first-order valence-corrected chi connectivity index (χ1v) is 25.8. The quantitative estimate of drug-likeness (QED) is 0.0234. The highest BCUT2D eigenvalue weighted by atomic mass is 31.2. The molecule has 1 unspecified atom stereocenters. The van der Waals surface area contributed by atoms with E-state index in [0.29, 0.717) is 11.5 Å². The van der Waals surface area contributed by atoms with Crippen molar-refractivity contribution in [2.24, 2.45) is 0 Å². The van der Waals surface area contributed by atoms with Gasteiger partial charge in [0.2, 0.25) is 8.32 Å². The summed E-state index contributed by atoms with van der Waals surface area (Å²) in [6, 6.07) is 28.8. The van der Waals surface area contributed by atoms with Crippen LogP contribution in [0.4, 0.5) is 0 Å². The van der Waals surface area contributed by atoms with E-state index in [1.54, 1.807) is 14.2 Å². The number of nitrogens with one attached hydrogen (secondary N) is 1. The summed E-state index contributed by atoms with van der Waals surface area (Å²) in [6.45, 7) is 21.5. The highest BCUT2D eigenvalue weighted by molar-refractivity contribution is 7.44. The molecule has 0 spiro atoms. The molecule has 1 aliphatic heterocycles. The number of hydrogen-bond donors (Lipinski definition) is 1. The first-order valence-electron chi connectivity index (χ1n) is 22.5. The second-order valence-corrected chi connectivity index (χ2v) is 24.6. The van der Waals surface area contributed by atoms with E-state index in [0.717, 1.165) is 16.7 Å². The van der Waals surface area contributed by atoms with Crippen molar-refractivity contribution in [2.45, 2.75) is 135 Å². The molecule has 0 radical (unpaired) electrons. The van der Waals surface area contributed by atoms with Crippen LogP contribution in [0.1, 0.15) is 98.6 Å². The van der Waals surface area contributed by atoms with Crippen LogP contribution in [0.25, 0.3) is 0 Å². The maximum Gasteiger partial charge on any atom is 0.330 e. The molecule has 14 nitrogen and oxygen atoms in total. The van der Waals surface area contributed by atoms with Gasteiger partial charge in [-0.05, 0) is 85.3 Å². The lowest BCUT2D eigenvalue weighted by molar-refractivity contribution is -0.124. The normalized spacial score (nSPS) is 18.6. The van der Waals surface area contributed by atoms with Crippen molar-refractivity contribution in [2.75, 3.05) is 34.2 Å². The second-order valence-electron chi connectivity index (χ2n) is 17.7. The van der Waals surface area contributed by atoms with Gasteiger partial charge in [0.25, 0.3) is 14.1 Å². The van der Waals surface area contributed by atoms with Crippen LogP contribution < -0.4 is 20.7 Å². The van der Waals surface area contributed by atoms with Gasteiger partial charge in [0.1, 0.15) is 42.2 Å². The standard InChI is InChI=1S/C49H69N4O10PSi/c1-33(2)53(34(3)4)64(60-30-16-28-50)63-46-45(58-32-61-65(35(5)6,36(7)8)37(9)10)43(62-47(46)52-29-27-44(54)51-48(52)55)31-59-49(38-17-14-13-15-18-38,39-19-23-41(56-11)24-20-39)40-21-25-42(57-12)26-22-40/h13-15,17-27,29,33-37,43,45-47H,16,30-32H2,1-12H3,(H,51,54,55)/t43-,45-,46-,47-,64?/m1/s1. The number of H-pyrrole nitrogens is 1. The smallest absolute Gasteiger partial charge is 0.330 e. The molecular weight excluding hydrogens is 864 g/mol. The van der Waals surface area contributed by atoms with E-state index in [1.165, 1.54) is 16.8 Å². The van der Waals surface area contributed by atoms with Crippen molar-refractivity contribution >= 4 is 16.8 Å². The van der Waals surface area contributed by atoms with E-state index in [4.69, 9.17) is 37.2 Å². The Bertz CT molecular complexity index is 2150. The zero-order valence-electron chi connectivity index (χ0n) is 40.1. The van der Waals surface area contributed by atoms with Gasteiger partial charge in [-0.15, -0.1) is 0 Å². The van der Waals surface area contributed by atoms with Gasteiger partial charge in [0.05, 0.1) is 39.9 Å². The molecule has 1 saturated heterocycles. The summed E-state index contributed by atoms with van der Waals surface area (Å²) < 4.78 is 56.5. The molecule has 1 aromatic heterocycles. The summed E-state index contributed by atoms with van der Waals surface area (Å²) in [5, 5.41) is 9.52. The van der Waals surface area contributed by atoms with Crippen LogP contribution in [0.15, 0.2) is 101 Å². The predicted octanol–water partition coefficient (Wildman–Crippen LogP) is 9.66. The summed E-state index contributed by atoms with van der Waals surface area (Å²) in [5.41, 5.74) is 0.835. The van der Waals surface area contributed by atoms with E-state index in [9.17, 15) is 14.9 Å². The summed E-state index contributed by atoms with van der Waals surface area (Å²) in [6.07, 6.45) is -2.39. The Balaban J connectivity index is 1.71. The minimum Gasteiger partial charge on any atom is -0.497 e. The Labute approximate surface area is 387 Å². The molecule has 65 heavy (non-hydrogen) atoms. The minimum atomic E-state index is -2.45. The van der Waals surface area contributed by atoms with Crippen molar-refractivity contribution < 1.29 is 37.2 Å². The maximum absolute atomic E-state index is 13.8. The molecular formula is C49H69N4O10PSi. The van der Waals surface area contributed by atoms with E-state index in [1.807, 2.05) is 78.9 Å². The number of benzene rings is 3. The second kappa shape index (κ2) is 23.5. The van der Waals surface area contributed by atoms with Gasteiger partial charge in [-0.2, -0.15) is 5.26 Å². The van der Waals surface area contributed by atoms with Gasteiger partial charge in [-0.1, -0.05) is 96.1 Å². The van der Waals surface area contributed by atoms with E-state index in [2.05, 4.69) is 85.0 Å². The van der Waals surface area contributed by atoms with Crippen LogP contribution in [-0.4, -0.2) is 87.2 Å². The molecule has 2 heterocycles. The number of nitrogens with zero attached hydrogens (tertiary/aromatic N) is 3. The molecule has 0 amide bonds. The molecule has 16 heteroatoms. The Morgan fingerprint density at radius 3 is 1.80 bits per heavy atom. The summed E-state index contributed by atoms with van der Waals surface area (Å²) in [4.78, 5) is 28.6. The monoisotopic (exact) mass is 932 g/mol. The SMILES string of the molecule is COc1ccc(C(OC[C@H]2O[C@@H](n3ccc(=O)[nH]c3=O)[C@H](OP(OCCC#N)N(C(C)C)C(C)C)[C@@H]2OCO[Si](C(C)C)(C(C)C)C(C)C)(c2ccccc2)c2ccc(OC)cc2)cc1. The van der Waals surface area contributed by atoms with Crippen molar-refractivity contribution in [1.29, 1.82) is 5.26 Å². The van der Waals surface area contributed by atoms with Gasteiger partial charge in [-0.3, -0.25) is 14.3 Å². The topological polar surface area (TPSA) is 156 Å². The molecule has 0 bridgehead atoms. The van der Waals surface area contributed by atoms with Crippen molar-refractivity contribution in [1.82, 2.24) is 14.2 Å². The fraction of sp³-hybridized carbons (Fsp3) is 0.531. The molecule has 1 N–H and O–H groups in total. The molecule has 5 atom stereocenters. The lowest BCUT2D eigenvalue weighted by Gasteiger charge is -2.42. The third kappa shape index (κ3) is 11.7. The van der Waals surface area contributed by atoms with Crippen LogP contribution in [0.2, 0.25) is 16.6 Å². The number of methoxy groups -OCH3 is 2. The number of aromatic amines is 1. The molecule has 4 aromatic rings. The zero-order chi connectivity index (χ0) is 47.5. The third-order valence-electron chi connectivity index (χ3n) is 12.2. The van der Waals surface area contributed by atoms with E-state index >= 15 is 0 Å². The average Bonchev–Trinajstić information content (AvgIpc) is 3.61. The minimum absolute atomic E-state index is 0.0307. The van der Waals surface area contributed by atoms with Crippen LogP contribution in [0.5, 0.6) is 11.5 Å². The Morgan fingerprint density at radius 2 is 1.32 bits per heavy atom. The first kappa shape index (κ1) is 51.8. The number of hydrogen-bond acceptors (Lipinski definition) is 12. The first-order chi connectivity index (χ1) is 31.0. The van der Waals surface area contributed by atoms with Crippen LogP contribution in [-0.2, 0) is 33.3 Å². The third-order valence-corrected chi connectivity index (χ3v) is 20.4. The fourth-order valence-electron chi connectivity index (χ4n) is 9.40. The molecule has 1 aliphatic rings. The zero-order valence-corrected chi connectivity index (χ0v) is 42.0. The highest BCUT2D eigenvalue weighted by Gasteiger charge is 2.53. The van der Waals surface area contributed by atoms with Gasteiger partial charge in [-0.25, -0.2) is 9.46 Å². The lowest BCUT2D eigenvalue weighted by atomic mass is 9.80. The summed E-state index contributed by atoms with van der Waals surface area (Å²) in [7, 11) is -1.08. The molecule has 0 aliphatic carbocycles. The van der Waals surface area contributed by atoms with Crippen LogP contribution in [0, 0.1) is 11.3 Å². The Kier molecular flexibility index (Phi) is 18.7. The van der Waals surface area contributed by atoms with E-state index < -0.39 is 58.2 Å². The van der Waals surface area contributed by atoms with Gasteiger partial charge in [0.15, 0.2) is 6.23 Å². The molecule has 3 aromatic carbocycles. The number of rotatable bonds is 24. The number of nitriles is 1. The van der Waals surface area contributed by atoms with Crippen molar-refractivity contribution in [3.63, 3.8) is 0 Å². The Hall–Kier alpha value is -4.20. The van der Waals surface area contributed by atoms with Gasteiger partial charge < -0.3 is 37.2 Å². The van der Waals surface area contributed by atoms with Crippen molar-refractivity contribution in [3.05, 3.63) is 129 Å². The molecule has 354 valence electrons. The Morgan fingerprint density at radius 1 is 0.785 bits per heavy atom. The highest BCUT2D eigenvalue weighted by Crippen LogP contribution is 2.52.